The molecule has 0 atom stereocenters. The van der Waals surface area contributed by atoms with Gasteiger partial charge in [-0.05, 0) is 39.2 Å². The highest BCUT2D eigenvalue weighted by molar-refractivity contribution is 6.88. The predicted octanol–water partition coefficient (Wildman–Crippen LogP) is 3.44. The molecule has 3 rings (SSSR count). The second-order valence-corrected chi connectivity index (χ2v) is 14.4. The molecule has 3 heterocycles. The maximum absolute atomic E-state index is 12.9. The first-order valence-corrected chi connectivity index (χ1v) is 15.0. The van der Waals surface area contributed by atoms with Crippen LogP contribution < -0.4 is 30.0 Å². The minimum Gasteiger partial charge on any atom is -0.479 e. The zero-order valence-electron chi connectivity index (χ0n) is 21.8. The van der Waals surface area contributed by atoms with Gasteiger partial charge in [-0.2, -0.15) is 9.97 Å². The minimum absolute atomic E-state index is 0.0290. The first-order valence-electron chi connectivity index (χ1n) is 11.5. The first-order chi connectivity index (χ1) is 17.1. The average Bonchev–Trinajstić information content (AvgIpc) is 3.30. The molecule has 3 aromatic rings. The van der Waals surface area contributed by atoms with Crippen LogP contribution in [0.15, 0.2) is 34.9 Å². The van der Waals surface area contributed by atoms with E-state index in [0.29, 0.717) is 18.4 Å². The van der Waals surface area contributed by atoms with E-state index in [1.165, 1.54) is 25.5 Å². The van der Waals surface area contributed by atoms with Crippen molar-refractivity contribution in [3.8, 4) is 23.6 Å². The molecule has 1 amide bonds. The van der Waals surface area contributed by atoms with Crippen LogP contribution in [-0.2, 0) is 0 Å². The maximum atomic E-state index is 12.9. The van der Waals surface area contributed by atoms with Crippen molar-refractivity contribution < 1.29 is 23.4 Å². The Balaban J connectivity index is 1.72. The normalized spacial score (nSPS) is 11.3. The van der Waals surface area contributed by atoms with Crippen LogP contribution >= 0.6 is 0 Å². The van der Waals surface area contributed by atoms with Gasteiger partial charge in [0.1, 0.15) is 0 Å². The lowest BCUT2D eigenvalue weighted by Gasteiger charge is -2.16. The first kappa shape index (κ1) is 27.0. The molecule has 11 nitrogen and oxygen atoms in total. The minimum atomic E-state index is -1.53. The van der Waals surface area contributed by atoms with Crippen molar-refractivity contribution in [2.75, 3.05) is 52.0 Å². The van der Waals surface area contributed by atoms with Crippen molar-refractivity contribution >= 4 is 30.8 Å². The molecule has 0 aromatic carbocycles. The summed E-state index contributed by atoms with van der Waals surface area (Å²) in [6.07, 6.45) is 2.61. The Hall–Kier alpha value is -3.64. The van der Waals surface area contributed by atoms with E-state index in [4.69, 9.17) is 18.6 Å². The van der Waals surface area contributed by atoms with Crippen molar-refractivity contribution in [1.82, 2.24) is 19.9 Å². The van der Waals surface area contributed by atoms with Gasteiger partial charge in [-0.25, -0.2) is 4.98 Å². The number of rotatable bonds is 12. The Morgan fingerprint density at radius 3 is 2.39 bits per heavy atom. The van der Waals surface area contributed by atoms with E-state index in [1.807, 2.05) is 26.2 Å². The van der Waals surface area contributed by atoms with Gasteiger partial charge in [0.25, 0.3) is 11.9 Å². The zero-order valence-corrected chi connectivity index (χ0v) is 22.8. The van der Waals surface area contributed by atoms with E-state index in [2.05, 4.69) is 50.1 Å². The van der Waals surface area contributed by atoms with Crippen LogP contribution in [-0.4, -0.2) is 75.2 Å². The van der Waals surface area contributed by atoms with Gasteiger partial charge in [0, 0.05) is 24.9 Å². The van der Waals surface area contributed by atoms with Crippen molar-refractivity contribution in [2.45, 2.75) is 26.1 Å². The van der Waals surface area contributed by atoms with Crippen LogP contribution in [0.2, 0.25) is 19.6 Å². The highest BCUT2D eigenvalue weighted by Crippen LogP contribution is 2.33. The monoisotopic (exact) mass is 514 g/mol. The smallest absolute Gasteiger partial charge is 0.291 e. The summed E-state index contributed by atoms with van der Waals surface area (Å²) in [6.45, 7) is 8.30. The van der Waals surface area contributed by atoms with Crippen LogP contribution in [0.3, 0.4) is 0 Å². The van der Waals surface area contributed by atoms with Crippen molar-refractivity contribution in [2.24, 2.45) is 0 Å². The summed E-state index contributed by atoms with van der Waals surface area (Å²) in [5.74, 6) is 0.681. The number of pyridine rings is 1. The molecule has 36 heavy (non-hydrogen) atoms. The molecule has 0 saturated carbocycles. The van der Waals surface area contributed by atoms with E-state index in [1.54, 1.807) is 12.3 Å². The summed E-state index contributed by atoms with van der Waals surface area (Å²) in [6, 6.07) is 6.96. The van der Waals surface area contributed by atoms with E-state index < -0.39 is 14.0 Å². The zero-order chi connectivity index (χ0) is 26.3. The fourth-order valence-corrected chi connectivity index (χ4v) is 4.34. The molecule has 0 spiro atoms. The quantitative estimate of drug-likeness (QED) is 0.274. The summed E-state index contributed by atoms with van der Waals surface area (Å²) >= 11 is 0. The number of amides is 1. The highest BCUT2D eigenvalue weighted by Gasteiger charge is 2.22. The molecule has 0 radical (unpaired) electrons. The van der Waals surface area contributed by atoms with Crippen LogP contribution in [0.5, 0.6) is 23.6 Å². The van der Waals surface area contributed by atoms with Crippen LogP contribution in [0, 0.1) is 0 Å². The number of anilines is 2. The number of ether oxygens (including phenoxy) is 3. The molecule has 2 N–H and O–H groups in total. The SMILES string of the molecule is COc1nc(NCCCN(C)C)nc(OC)c1NC(=O)c1ccc(Oc2cc([Si](C)(C)C)ccn2)o1. The van der Waals surface area contributed by atoms with Gasteiger partial charge in [0.2, 0.25) is 23.6 Å². The Labute approximate surface area is 212 Å². The number of nitrogens with zero attached hydrogens (tertiary/aromatic N) is 4. The summed E-state index contributed by atoms with van der Waals surface area (Å²) < 4.78 is 22.1. The molecule has 0 bridgehead atoms. The van der Waals surface area contributed by atoms with Gasteiger partial charge in [0.15, 0.2) is 11.4 Å². The Kier molecular flexibility index (Phi) is 8.88. The fourth-order valence-electron chi connectivity index (χ4n) is 3.20. The van der Waals surface area contributed by atoms with Gasteiger partial charge < -0.3 is 34.2 Å². The maximum Gasteiger partial charge on any atom is 0.291 e. The summed E-state index contributed by atoms with van der Waals surface area (Å²) in [5.41, 5.74) is 0.187. The third-order valence-corrected chi connectivity index (χ3v) is 7.19. The molecule has 0 aliphatic rings. The van der Waals surface area contributed by atoms with Gasteiger partial charge in [-0.1, -0.05) is 24.8 Å². The number of carbonyl (C=O) groups is 1. The third-order valence-electron chi connectivity index (χ3n) is 5.14. The molecule has 12 heteroatoms. The Morgan fingerprint density at radius 1 is 1.08 bits per heavy atom. The molecule has 194 valence electrons. The Morgan fingerprint density at radius 2 is 1.78 bits per heavy atom. The fraction of sp³-hybridized carbons (Fsp3) is 0.417. The molecular formula is C24H34N6O5Si. The van der Waals surface area contributed by atoms with Crippen molar-refractivity contribution in [1.29, 1.82) is 0 Å². The molecular weight excluding hydrogens is 480 g/mol. The number of furan rings is 1. The van der Waals surface area contributed by atoms with Gasteiger partial charge in [-0.3, -0.25) is 4.79 Å². The van der Waals surface area contributed by atoms with E-state index >= 15 is 0 Å². The van der Waals surface area contributed by atoms with E-state index in [9.17, 15) is 4.79 Å². The highest BCUT2D eigenvalue weighted by atomic mass is 28.3. The standard InChI is InChI=1S/C24H34N6O5Si/c1-30(2)14-8-12-26-24-28-22(32-3)20(23(29-24)33-4)27-21(31)17-9-10-19(34-17)35-18-15-16(11-13-25-18)36(5,6)7/h9-11,13,15H,8,12,14H2,1-7H3,(H,27,31)(H,26,28,29). The molecule has 0 unspecified atom stereocenters. The third kappa shape index (κ3) is 7.18. The number of aromatic nitrogens is 3. The second-order valence-electron chi connectivity index (χ2n) is 9.33. The molecule has 0 saturated heterocycles. The van der Waals surface area contributed by atoms with Crippen LogP contribution in [0.1, 0.15) is 17.0 Å². The number of methoxy groups -OCH3 is 2. The second kappa shape index (κ2) is 11.9. The van der Waals surface area contributed by atoms with Gasteiger partial charge in [0.05, 0.1) is 22.3 Å². The molecule has 0 aliphatic heterocycles. The lowest BCUT2D eigenvalue weighted by molar-refractivity contribution is 0.0990. The lowest BCUT2D eigenvalue weighted by atomic mass is 10.4. The Bertz CT molecular complexity index is 1150. The largest absolute Gasteiger partial charge is 0.479 e. The number of carbonyl (C=O) groups excluding carboxylic acids is 1. The number of hydrogen-bond donors (Lipinski definition) is 2. The summed E-state index contributed by atoms with van der Waals surface area (Å²) in [7, 11) is 5.39. The summed E-state index contributed by atoms with van der Waals surface area (Å²) in [4.78, 5) is 27.9. The van der Waals surface area contributed by atoms with Crippen molar-refractivity contribution in [3.63, 3.8) is 0 Å². The molecule has 0 fully saturated rings. The van der Waals surface area contributed by atoms with Gasteiger partial charge >= 0.3 is 0 Å². The van der Waals surface area contributed by atoms with E-state index in [-0.39, 0.29) is 29.2 Å². The number of hydrogen-bond acceptors (Lipinski definition) is 10. The lowest BCUT2D eigenvalue weighted by Crippen LogP contribution is -2.37. The molecule has 0 aliphatic carbocycles. The van der Waals surface area contributed by atoms with Crippen LogP contribution in [0.4, 0.5) is 11.6 Å². The molecule has 3 aromatic heterocycles. The van der Waals surface area contributed by atoms with Crippen molar-refractivity contribution in [3.05, 3.63) is 36.2 Å². The van der Waals surface area contributed by atoms with E-state index in [0.717, 1.165) is 13.0 Å². The van der Waals surface area contributed by atoms with Gasteiger partial charge in [-0.15, -0.1) is 0 Å². The van der Waals surface area contributed by atoms with Crippen LogP contribution in [0.25, 0.3) is 0 Å². The predicted molar refractivity (Wildman–Crippen MR) is 141 cm³/mol. The summed E-state index contributed by atoms with van der Waals surface area (Å²) in [5, 5.41) is 7.05. The average molecular weight is 515 g/mol. The topological polar surface area (TPSA) is 124 Å². The number of nitrogens with one attached hydrogen (secondary N) is 2.